The van der Waals surface area contributed by atoms with Crippen LogP contribution in [0.4, 0.5) is 10.1 Å². The molecular formula is C24H20ClFN4OS. The molecule has 0 aliphatic carbocycles. The van der Waals surface area contributed by atoms with Crippen LogP contribution in [0.25, 0.3) is 26.3 Å². The number of hydrogen-bond donors (Lipinski definition) is 1. The van der Waals surface area contributed by atoms with Crippen molar-refractivity contribution in [1.29, 1.82) is 0 Å². The highest BCUT2D eigenvalue weighted by Gasteiger charge is 2.38. The topological polar surface area (TPSA) is 50.2 Å². The predicted molar refractivity (Wildman–Crippen MR) is 128 cm³/mol. The second-order valence-corrected chi connectivity index (χ2v) is 9.84. The van der Waals surface area contributed by atoms with Crippen molar-refractivity contribution in [2.24, 2.45) is 5.92 Å². The van der Waals surface area contributed by atoms with Gasteiger partial charge in [-0.2, -0.15) is 0 Å². The van der Waals surface area contributed by atoms with E-state index in [1.165, 1.54) is 28.3 Å². The highest BCUT2D eigenvalue weighted by molar-refractivity contribution is 7.22. The van der Waals surface area contributed by atoms with Gasteiger partial charge in [0.1, 0.15) is 16.8 Å². The zero-order chi connectivity index (χ0) is 21.8. The summed E-state index contributed by atoms with van der Waals surface area (Å²) < 4.78 is 17.1. The largest absolute Gasteiger partial charge is 0.365 e. The highest BCUT2D eigenvalue weighted by atomic mass is 35.5. The van der Waals surface area contributed by atoms with Gasteiger partial charge >= 0.3 is 0 Å². The Balaban J connectivity index is 1.36. The molecule has 2 unspecified atom stereocenters. The minimum absolute atomic E-state index is 0.200. The Morgan fingerprint density at radius 2 is 1.97 bits per heavy atom. The van der Waals surface area contributed by atoms with Crippen molar-refractivity contribution < 1.29 is 4.39 Å². The summed E-state index contributed by atoms with van der Waals surface area (Å²) in [5, 5.41) is 4.06. The van der Waals surface area contributed by atoms with Crippen LogP contribution >= 0.6 is 22.9 Å². The number of benzene rings is 2. The fourth-order valence-electron chi connectivity index (χ4n) is 4.88. The Hall–Kier alpha value is -2.74. The Labute approximate surface area is 193 Å². The van der Waals surface area contributed by atoms with Crippen molar-refractivity contribution >= 4 is 38.8 Å². The number of halogens is 2. The highest BCUT2D eigenvalue weighted by Crippen LogP contribution is 2.35. The standard InChI is InChI=1S/C24H20ClFN4OS/c25-16-3-1-14(2-4-16)22-10-19-23(32-22)24(31)30(13-28-19)17-5-6-20(18(26)9-17)29-8-7-15-11-27-12-21(15)29/h1-6,9-10,13,15,21,27H,7-8,11-12H2. The number of fused-ring (bicyclic) bond motifs is 2. The quantitative estimate of drug-likeness (QED) is 0.475. The summed E-state index contributed by atoms with van der Waals surface area (Å²) in [6.07, 6.45) is 2.55. The van der Waals surface area contributed by atoms with Crippen LogP contribution in [0.1, 0.15) is 6.42 Å². The smallest absolute Gasteiger partial charge is 0.275 e. The molecule has 2 aliphatic rings. The van der Waals surface area contributed by atoms with Crippen LogP contribution in [0.2, 0.25) is 5.02 Å². The molecule has 0 saturated carbocycles. The zero-order valence-electron chi connectivity index (χ0n) is 17.1. The third-order valence-corrected chi connectivity index (χ3v) is 7.94. The van der Waals surface area contributed by atoms with E-state index in [2.05, 4.69) is 15.2 Å². The van der Waals surface area contributed by atoms with Crippen LogP contribution in [-0.4, -0.2) is 35.2 Å². The first-order valence-electron chi connectivity index (χ1n) is 10.6. The van der Waals surface area contributed by atoms with Crippen molar-refractivity contribution in [1.82, 2.24) is 14.9 Å². The number of thiophene rings is 1. The van der Waals surface area contributed by atoms with Gasteiger partial charge < -0.3 is 10.2 Å². The molecule has 0 amide bonds. The number of rotatable bonds is 3. The molecule has 162 valence electrons. The first-order chi connectivity index (χ1) is 15.6. The normalized spacial score (nSPS) is 20.2. The lowest BCUT2D eigenvalue weighted by Crippen LogP contribution is -2.34. The lowest BCUT2D eigenvalue weighted by Gasteiger charge is -2.26. The maximum absolute atomic E-state index is 15.1. The minimum Gasteiger partial charge on any atom is -0.365 e. The summed E-state index contributed by atoms with van der Waals surface area (Å²) in [6.45, 7) is 2.75. The first-order valence-corrected chi connectivity index (χ1v) is 11.8. The number of aromatic nitrogens is 2. The van der Waals surface area contributed by atoms with Crippen LogP contribution in [0, 0.1) is 11.7 Å². The second-order valence-electron chi connectivity index (χ2n) is 8.36. The third-order valence-electron chi connectivity index (χ3n) is 6.53. The maximum Gasteiger partial charge on any atom is 0.275 e. The van der Waals surface area contributed by atoms with Gasteiger partial charge in [-0.15, -0.1) is 11.3 Å². The van der Waals surface area contributed by atoms with E-state index in [1.807, 2.05) is 30.3 Å². The zero-order valence-corrected chi connectivity index (χ0v) is 18.7. The van der Waals surface area contributed by atoms with Gasteiger partial charge in [-0.3, -0.25) is 9.36 Å². The van der Waals surface area contributed by atoms with Gasteiger partial charge in [-0.05, 0) is 48.2 Å². The van der Waals surface area contributed by atoms with E-state index < -0.39 is 0 Å². The van der Waals surface area contributed by atoms with Gasteiger partial charge in [-0.1, -0.05) is 23.7 Å². The monoisotopic (exact) mass is 466 g/mol. The molecule has 4 aromatic rings. The summed E-state index contributed by atoms with van der Waals surface area (Å²) in [7, 11) is 0. The molecular weight excluding hydrogens is 447 g/mol. The molecule has 2 fully saturated rings. The fraction of sp³-hybridized carbons (Fsp3) is 0.250. The van der Waals surface area contributed by atoms with E-state index in [0.29, 0.717) is 38.6 Å². The molecule has 8 heteroatoms. The van der Waals surface area contributed by atoms with Crippen LogP contribution in [0.5, 0.6) is 0 Å². The van der Waals surface area contributed by atoms with E-state index in [9.17, 15) is 4.79 Å². The number of anilines is 1. The van der Waals surface area contributed by atoms with Gasteiger partial charge in [0.05, 0.1) is 16.9 Å². The van der Waals surface area contributed by atoms with Crippen molar-refractivity contribution in [2.75, 3.05) is 24.5 Å². The average molecular weight is 467 g/mol. The van der Waals surface area contributed by atoms with E-state index >= 15 is 4.39 Å². The van der Waals surface area contributed by atoms with E-state index in [-0.39, 0.29) is 11.4 Å². The van der Waals surface area contributed by atoms with Crippen molar-refractivity contribution in [2.45, 2.75) is 12.5 Å². The molecule has 1 N–H and O–H groups in total. The molecule has 2 aliphatic heterocycles. The summed E-state index contributed by atoms with van der Waals surface area (Å²) in [4.78, 5) is 20.8. The Kier molecular flexibility index (Phi) is 4.78. The van der Waals surface area contributed by atoms with Crippen LogP contribution in [-0.2, 0) is 0 Å². The Morgan fingerprint density at radius 1 is 1.12 bits per heavy atom. The SMILES string of the molecule is O=c1c2sc(-c3ccc(Cl)cc3)cc2ncn1-c1ccc(N2CCC3CNCC32)c(F)c1. The van der Waals surface area contributed by atoms with E-state index in [4.69, 9.17) is 11.6 Å². The molecule has 2 aromatic carbocycles. The molecule has 5 nitrogen and oxygen atoms in total. The van der Waals surface area contributed by atoms with Crippen LogP contribution in [0.3, 0.4) is 0 Å². The van der Waals surface area contributed by atoms with E-state index in [0.717, 1.165) is 36.5 Å². The Bertz CT molecular complexity index is 1380. The summed E-state index contributed by atoms with van der Waals surface area (Å²) in [6, 6.07) is 14.7. The number of nitrogens with zero attached hydrogens (tertiary/aromatic N) is 3. The second kappa shape index (κ2) is 7.69. The molecule has 2 aromatic heterocycles. The molecule has 2 atom stereocenters. The lowest BCUT2D eigenvalue weighted by atomic mass is 10.0. The first kappa shape index (κ1) is 19.9. The summed E-state index contributed by atoms with van der Waals surface area (Å²) >= 11 is 7.37. The molecule has 0 spiro atoms. The van der Waals surface area contributed by atoms with Crippen LogP contribution < -0.4 is 15.8 Å². The maximum atomic E-state index is 15.1. The van der Waals surface area contributed by atoms with Gasteiger partial charge in [0.25, 0.3) is 5.56 Å². The van der Waals surface area contributed by atoms with Crippen LogP contribution in [0.15, 0.2) is 59.7 Å². The summed E-state index contributed by atoms with van der Waals surface area (Å²) in [5.41, 5.74) is 2.49. The van der Waals surface area contributed by atoms with Gasteiger partial charge in [0, 0.05) is 41.6 Å². The van der Waals surface area contributed by atoms with Crippen molar-refractivity contribution in [3.05, 3.63) is 76.1 Å². The molecule has 32 heavy (non-hydrogen) atoms. The fourth-order valence-corrected chi connectivity index (χ4v) is 6.05. The Morgan fingerprint density at radius 3 is 2.78 bits per heavy atom. The molecule has 0 radical (unpaired) electrons. The molecule has 2 saturated heterocycles. The van der Waals surface area contributed by atoms with Gasteiger partial charge in [-0.25, -0.2) is 9.37 Å². The van der Waals surface area contributed by atoms with E-state index in [1.54, 1.807) is 12.1 Å². The van der Waals surface area contributed by atoms with Gasteiger partial charge in [0.2, 0.25) is 0 Å². The third kappa shape index (κ3) is 3.23. The number of nitrogens with one attached hydrogen (secondary N) is 1. The molecule has 6 rings (SSSR count). The van der Waals surface area contributed by atoms with Gasteiger partial charge in [0.15, 0.2) is 0 Å². The average Bonchev–Trinajstić information content (AvgIpc) is 3.51. The lowest BCUT2D eigenvalue weighted by molar-refractivity contribution is 0.570. The predicted octanol–water partition coefficient (Wildman–Crippen LogP) is 4.70. The van der Waals surface area contributed by atoms with Crippen molar-refractivity contribution in [3.8, 4) is 16.1 Å². The molecule has 0 bridgehead atoms. The van der Waals surface area contributed by atoms with Crippen molar-refractivity contribution in [3.63, 3.8) is 0 Å². The molecule has 4 heterocycles. The summed E-state index contributed by atoms with van der Waals surface area (Å²) in [5.74, 6) is 0.270. The number of hydrogen-bond acceptors (Lipinski definition) is 5. The minimum atomic E-state index is -0.310.